The summed E-state index contributed by atoms with van der Waals surface area (Å²) in [5.74, 6) is 0. The summed E-state index contributed by atoms with van der Waals surface area (Å²) in [5, 5.41) is 13.0. The second kappa shape index (κ2) is 2.09. The molecule has 1 aromatic heterocycles. The molecular formula is C7H9N2O. The molecule has 1 radical (unpaired) electrons. The number of rotatable bonds is 1. The minimum Gasteiger partial charge on any atom is -0.393 e. The van der Waals surface area contributed by atoms with E-state index in [0.717, 1.165) is 12.8 Å². The molecule has 53 valence electrons. The van der Waals surface area contributed by atoms with Crippen LogP contribution < -0.4 is 0 Å². The van der Waals surface area contributed by atoms with Gasteiger partial charge in [-0.15, -0.1) is 0 Å². The molecule has 0 aliphatic heterocycles. The molecule has 0 unspecified atom stereocenters. The van der Waals surface area contributed by atoms with Crippen molar-refractivity contribution in [3.63, 3.8) is 0 Å². The Labute approximate surface area is 59.3 Å². The van der Waals surface area contributed by atoms with Gasteiger partial charge in [-0.2, -0.15) is 5.10 Å². The van der Waals surface area contributed by atoms with Gasteiger partial charge in [0.15, 0.2) is 0 Å². The van der Waals surface area contributed by atoms with E-state index in [1.54, 1.807) is 6.20 Å². The highest BCUT2D eigenvalue weighted by molar-refractivity contribution is 4.87. The van der Waals surface area contributed by atoms with Gasteiger partial charge in [0, 0.05) is 12.3 Å². The third kappa shape index (κ3) is 0.827. The van der Waals surface area contributed by atoms with E-state index in [1.807, 2.05) is 10.9 Å². The highest BCUT2D eigenvalue weighted by Crippen LogP contribution is 2.30. The van der Waals surface area contributed by atoms with Crippen LogP contribution in [0.1, 0.15) is 18.9 Å². The first-order valence-electron chi connectivity index (χ1n) is 3.44. The second-order valence-corrected chi connectivity index (χ2v) is 2.70. The molecule has 1 aliphatic carbocycles. The van der Waals surface area contributed by atoms with Crippen molar-refractivity contribution in [1.82, 2.24) is 9.78 Å². The standard InChI is InChI=1S/C7H9N2O/c10-7-4-6(5-7)9-3-1-2-8-9/h2-3,6-7,10H,4-5H2/t6-,7-. The molecule has 3 heteroatoms. The summed E-state index contributed by atoms with van der Waals surface area (Å²) in [6, 6.07) is 3.28. The van der Waals surface area contributed by atoms with Crippen LogP contribution in [0.5, 0.6) is 0 Å². The van der Waals surface area contributed by atoms with Crippen LogP contribution in [0.2, 0.25) is 0 Å². The molecule has 0 atom stereocenters. The monoisotopic (exact) mass is 137 g/mol. The maximum absolute atomic E-state index is 8.97. The molecular weight excluding hydrogens is 128 g/mol. The fraction of sp³-hybridized carbons (Fsp3) is 0.571. The molecule has 0 bridgehead atoms. The van der Waals surface area contributed by atoms with Gasteiger partial charge in [-0.25, -0.2) is 0 Å². The van der Waals surface area contributed by atoms with Gasteiger partial charge in [-0.1, -0.05) is 0 Å². The lowest BCUT2D eigenvalue weighted by molar-refractivity contribution is 0.0434. The molecule has 1 saturated carbocycles. The quantitative estimate of drug-likeness (QED) is 0.607. The van der Waals surface area contributed by atoms with Gasteiger partial charge >= 0.3 is 0 Å². The zero-order valence-electron chi connectivity index (χ0n) is 5.57. The first-order chi connectivity index (χ1) is 4.86. The van der Waals surface area contributed by atoms with Crippen molar-refractivity contribution in [2.75, 3.05) is 0 Å². The molecule has 0 saturated heterocycles. The molecule has 1 fully saturated rings. The van der Waals surface area contributed by atoms with Gasteiger partial charge in [0.1, 0.15) is 0 Å². The Morgan fingerprint density at radius 3 is 2.90 bits per heavy atom. The van der Waals surface area contributed by atoms with Crippen molar-refractivity contribution in [1.29, 1.82) is 0 Å². The highest BCUT2D eigenvalue weighted by Gasteiger charge is 2.28. The van der Waals surface area contributed by atoms with Crippen LogP contribution >= 0.6 is 0 Å². The molecule has 0 amide bonds. The van der Waals surface area contributed by atoms with Crippen molar-refractivity contribution < 1.29 is 5.11 Å². The van der Waals surface area contributed by atoms with Gasteiger partial charge in [0.2, 0.25) is 0 Å². The molecule has 10 heavy (non-hydrogen) atoms. The van der Waals surface area contributed by atoms with E-state index in [4.69, 9.17) is 5.11 Å². The fourth-order valence-corrected chi connectivity index (χ4v) is 1.22. The van der Waals surface area contributed by atoms with E-state index < -0.39 is 0 Å². The largest absolute Gasteiger partial charge is 0.393 e. The Hall–Kier alpha value is -0.830. The third-order valence-corrected chi connectivity index (χ3v) is 1.93. The summed E-state index contributed by atoms with van der Waals surface area (Å²) in [5.41, 5.74) is 0. The smallest absolute Gasteiger partial charge is 0.0581 e. The molecule has 1 heterocycles. The summed E-state index contributed by atoms with van der Waals surface area (Å²) < 4.78 is 1.85. The average Bonchev–Trinajstić information content (AvgIpc) is 2.31. The number of hydrogen-bond donors (Lipinski definition) is 1. The lowest BCUT2D eigenvalue weighted by atomic mass is 9.90. The van der Waals surface area contributed by atoms with Gasteiger partial charge < -0.3 is 5.11 Å². The van der Waals surface area contributed by atoms with E-state index in [-0.39, 0.29) is 6.10 Å². The van der Waals surface area contributed by atoms with Crippen LogP contribution in [-0.2, 0) is 0 Å². The van der Waals surface area contributed by atoms with Crippen LogP contribution in [0, 0.1) is 6.07 Å². The van der Waals surface area contributed by atoms with E-state index in [9.17, 15) is 0 Å². The molecule has 1 N–H and O–H groups in total. The predicted molar refractivity (Wildman–Crippen MR) is 35.3 cm³/mol. The van der Waals surface area contributed by atoms with Crippen LogP contribution in [0.15, 0.2) is 12.4 Å². The second-order valence-electron chi connectivity index (χ2n) is 2.70. The van der Waals surface area contributed by atoms with Crippen LogP contribution in [0.25, 0.3) is 0 Å². The normalized spacial score (nSPS) is 31.7. The molecule has 0 aromatic carbocycles. The zero-order chi connectivity index (χ0) is 6.97. The van der Waals surface area contributed by atoms with Gasteiger partial charge in [-0.3, -0.25) is 4.68 Å². The van der Waals surface area contributed by atoms with Crippen LogP contribution in [-0.4, -0.2) is 21.0 Å². The Morgan fingerprint density at radius 2 is 2.40 bits per heavy atom. The minimum atomic E-state index is -0.103. The molecule has 3 nitrogen and oxygen atoms in total. The fourth-order valence-electron chi connectivity index (χ4n) is 1.22. The Bertz CT molecular complexity index is 201. The van der Waals surface area contributed by atoms with Crippen molar-refractivity contribution in [2.45, 2.75) is 25.0 Å². The summed E-state index contributed by atoms with van der Waals surface area (Å²) >= 11 is 0. The Balaban J connectivity index is 2.04. The van der Waals surface area contributed by atoms with Crippen molar-refractivity contribution in [3.05, 3.63) is 18.5 Å². The van der Waals surface area contributed by atoms with Crippen molar-refractivity contribution in [3.8, 4) is 0 Å². The SMILES string of the molecule is O[C@H]1C[C@H](n2c[c]cn2)C1. The molecule has 2 rings (SSSR count). The highest BCUT2D eigenvalue weighted by atomic mass is 16.3. The minimum absolute atomic E-state index is 0.103. The topological polar surface area (TPSA) is 38.0 Å². The zero-order valence-corrected chi connectivity index (χ0v) is 5.57. The van der Waals surface area contributed by atoms with E-state index in [2.05, 4.69) is 11.2 Å². The molecule has 1 aromatic rings. The van der Waals surface area contributed by atoms with E-state index >= 15 is 0 Å². The van der Waals surface area contributed by atoms with Crippen LogP contribution in [0.3, 0.4) is 0 Å². The van der Waals surface area contributed by atoms with Gasteiger partial charge in [0.05, 0.1) is 18.3 Å². The number of aliphatic hydroxyl groups excluding tert-OH is 1. The number of aliphatic hydroxyl groups is 1. The number of hydrogen-bond acceptors (Lipinski definition) is 2. The third-order valence-electron chi connectivity index (χ3n) is 1.93. The van der Waals surface area contributed by atoms with E-state index in [1.165, 1.54) is 0 Å². The first-order valence-corrected chi connectivity index (χ1v) is 3.44. The van der Waals surface area contributed by atoms with E-state index in [0.29, 0.717) is 6.04 Å². The maximum Gasteiger partial charge on any atom is 0.0581 e. The first kappa shape index (κ1) is 5.92. The molecule has 0 spiro atoms. The average molecular weight is 137 g/mol. The summed E-state index contributed by atoms with van der Waals surface area (Å²) in [6.45, 7) is 0. The Kier molecular flexibility index (Phi) is 1.24. The van der Waals surface area contributed by atoms with Crippen molar-refractivity contribution in [2.24, 2.45) is 0 Å². The lowest BCUT2D eigenvalue weighted by Crippen LogP contribution is -2.30. The van der Waals surface area contributed by atoms with Crippen molar-refractivity contribution >= 4 is 0 Å². The molecule has 1 aliphatic rings. The predicted octanol–water partition coefficient (Wildman–Crippen LogP) is 0.379. The van der Waals surface area contributed by atoms with Gasteiger partial charge in [0.25, 0.3) is 0 Å². The summed E-state index contributed by atoms with van der Waals surface area (Å²) in [6.07, 6.45) is 5.04. The van der Waals surface area contributed by atoms with Gasteiger partial charge in [-0.05, 0) is 12.8 Å². The summed E-state index contributed by atoms with van der Waals surface area (Å²) in [4.78, 5) is 0. The summed E-state index contributed by atoms with van der Waals surface area (Å²) in [7, 11) is 0. The van der Waals surface area contributed by atoms with Crippen LogP contribution in [0.4, 0.5) is 0 Å². The Morgan fingerprint density at radius 1 is 1.60 bits per heavy atom. The number of aromatic nitrogens is 2. The lowest BCUT2D eigenvalue weighted by Gasteiger charge is -2.31. The number of nitrogens with zero attached hydrogens (tertiary/aromatic N) is 2. The maximum atomic E-state index is 8.97.